The molecule has 1 aliphatic rings. The van der Waals surface area contributed by atoms with Gasteiger partial charge in [0.05, 0.1) is 17.2 Å². The number of carbonyl (C=O) groups is 1. The molecule has 1 unspecified atom stereocenters. The predicted octanol–water partition coefficient (Wildman–Crippen LogP) is 0.805. The monoisotopic (exact) mass is 274 g/mol. The molecule has 1 saturated carbocycles. The fourth-order valence-corrected chi connectivity index (χ4v) is 4.01. The molecule has 0 radical (unpaired) electrons. The van der Waals surface area contributed by atoms with E-state index in [1.54, 1.807) is 0 Å². The van der Waals surface area contributed by atoms with E-state index >= 15 is 0 Å². The lowest BCUT2D eigenvalue weighted by Gasteiger charge is -2.26. The molecule has 1 aliphatic carbocycles. The summed E-state index contributed by atoms with van der Waals surface area (Å²) in [5.41, 5.74) is -0.842. The van der Waals surface area contributed by atoms with Crippen molar-refractivity contribution in [2.24, 2.45) is 5.41 Å². The highest BCUT2D eigenvalue weighted by Gasteiger charge is 2.41. The zero-order valence-electron chi connectivity index (χ0n) is 10.6. The van der Waals surface area contributed by atoms with E-state index in [1.807, 2.05) is 0 Å². The fourth-order valence-electron chi connectivity index (χ4n) is 2.19. The van der Waals surface area contributed by atoms with Gasteiger partial charge in [0.1, 0.15) is 6.04 Å². The number of aliphatic carboxylic acids is 1. The summed E-state index contributed by atoms with van der Waals surface area (Å²) in [6.07, 6.45) is 2.83. The molecule has 0 aromatic rings. The SMILES string of the molecule is CC(C(=O)O)N(C)S(=O)(=O)CC1(C#N)CCCC1. The average molecular weight is 274 g/mol. The first-order chi connectivity index (χ1) is 8.24. The number of hydrogen-bond acceptors (Lipinski definition) is 4. The van der Waals surface area contributed by atoms with Crippen LogP contribution in [0.2, 0.25) is 0 Å². The summed E-state index contributed by atoms with van der Waals surface area (Å²) >= 11 is 0. The molecule has 0 aromatic carbocycles. The summed E-state index contributed by atoms with van der Waals surface area (Å²) in [4.78, 5) is 10.8. The third kappa shape index (κ3) is 3.00. The minimum Gasteiger partial charge on any atom is -0.480 e. The van der Waals surface area contributed by atoms with Crippen LogP contribution < -0.4 is 0 Å². The van der Waals surface area contributed by atoms with Gasteiger partial charge in [-0.1, -0.05) is 12.8 Å². The summed E-state index contributed by atoms with van der Waals surface area (Å²) in [5.74, 6) is -1.48. The van der Waals surface area contributed by atoms with E-state index in [2.05, 4.69) is 6.07 Å². The fraction of sp³-hybridized carbons (Fsp3) is 0.818. The van der Waals surface area contributed by atoms with Crippen LogP contribution in [0.15, 0.2) is 0 Å². The molecular formula is C11H18N2O4S. The van der Waals surface area contributed by atoms with E-state index < -0.39 is 27.4 Å². The Morgan fingerprint density at radius 3 is 2.39 bits per heavy atom. The van der Waals surface area contributed by atoms with Crippen LogP contribution in [0, 0.1) is 16.7 Å². The normalized spacial score (nSPS) is 20.6. The number of hydrogen-bond donors (Lipinski definition) is 1. The Bertz CT molecular complexity index is 460. The second kappa shape index (κ2) is 5.24. The van der Waals surface area contributed by atoms with E-state index in [0.29, 0.717) is 12.8 Å². The standard InChI is InChI=1S/C11H18N2O4S/c1-9(10(14)15)13(2)18(16,17)8-11(7-12)5-3-4-6-11/h9H,3-6,8H2,1-2H3,(H,14,15). The Kier molecular flexibility index (Phi) is 4.35. The first kappa shape index (κ1) is 14.9. The number of nitriles is 1. The van der Waals surface area contributed by atoms with Crippen molar-refractivity contribution in [2.45, 2.75) is 38.6 Å². The lowest BCUT2D eigenvalue weighted by Crippen LogP contribution is -2.44. The number of carboxylic acids is 1. The van der Waals surface area contributed by atoms with Gasteiger partial charge < -0.3 is 5.11 Å². The lowest BCUT2D eigenvalue weighted by atomic mass is 9.91. The molecule has 0 amide bonds. The summed E-state index contributed by atoms with van der Waals surface area (Å²) in [5, 5.41) is 18.0. The largest absolute Gasteiger partial charge is 0.480 e. The molecule has 18 heavy (non-hydrogen) atoms. The number of rotatable bonds is 5. The molecular weight excluding hydrogens is 256 g/mol. The first-order valence-electron chi connectivity index (χ1n) is 5.84. The van der Waals surface area contributed by atoms with E-state index in [9.17, 15) is 13.2 Å². The van der Waals surface area contributed by atoms with Crippen LogP contribution in [0.3, 0.4) is 0 Å². The molecule has 0 bridgehead atoms. The maximum absolute atomic E-state index is 12.1. The van der Waals surface area contributed by atoms with Crippen LogP contribution in [0.1, 0.15) is 32.6 Å². The second-order valence-electron chi connectivity index (χ2n) is 4.89. The highest BCUT2D eigenvalue weighted by Crippen LogP contribution is 2.39. The minimum atomic E-state index is -3.73. The molecule has 1 fully saturated rings. The topological polar surface area (TPSA) is 98.5 Å². The second-order valence-corrected chi connectivity index (χ2v) is 6.91. The summed E-state index contributed by atoms with van der Waals surface area (Å²) in [6, 6.07) is 0.985. The smallest absolute Gasteiger partial charge is 0.321 e. The van der Waals surface area contributed by atoms with E-state index in [-0.39, 0.29) is 5.75 Å². The highest BCUT2D eigenvalue weighted by atomic mass is 32.2. The van der Waals surface area contributed by atoms with Crippen LogP contribution in [-0.4, -0.2) is 42.6 Å². The summed E-state index contributed by atoms with van der Waals surface area (Å²) < 4.78 is 25.1. The van der Waals surface area contributed by atoms with Crippen LogP contribution >= 0.6 is 0 Å². The molecule has 7 heteroatoms. The van der Waals surface area contributed by atoms with Crippen molar-refractivity contribution in [1.82, 2.24) is 4.31 Å². The zero-order chi connectivity index (χ0) is 14.0. The Morgan fingerprint density at radius 1 is 1.50 bits per heavy atom. The van der Waals surface area contributed by atoms with Crippen molar-refractivity contribution < 1.29 is 18.3 Å². The number of likely N-dealkylation sites (N-methyl/N-ethyl adjacent to an activating group) is 1. The molecule has 102 valence electrons. The van der Waals surface area contributed by atoms with Gasteiger partial charge in [-0.15, -0.1) is 0 Å². The van der Waals surface area contributed by atoms with Gasteiger partial charge in [-0.2, -0.15) is 9.57 Å². The predicted molar refractivity (Wildman–Crippen MR) is 65.2 cm³/mol. The van der Waals surface area contributed by atoms with Crippen molar-refractivity contribution >= 4 is 16.0 Å². The summed E-state index contributed by atoms with van der Waals surface area (Å²) in [6.45, 7) is 1.31. The molecule has 0 aliphatic heterocycles. The van der Waals surface area contributed by atoms with Gasteiger partial charge >= 0.3 is 5.97 Å². The van der Waals surface area contributed by atoms with Crippen LogP contribution in [-0.2, 0) is 14.8 Å². The molecule has 0 spiro atoms. The van der Waals surface area contributed by atoms with Crippen LogP contribution in [0.4, 0.5) is 0 Å². The van der Waals surface area contributed by atoms with E-state index in [4.69, 9.17) is 10.4 Å². The van der Waals surface area contributed by atoms with Crippen molar-refractivity contribution in [2.75, 3.05) is 12.8 Å². The van der Waals surface area contributed by atoms with Gasteiger partial charge in [-0.25, -0.2) is 8.42 Å². The third-order valence-electron chi connectivity index (χ3n) is 3.60. The van der Waals surface area contributed by atoms with Crippen LogP contribution in [0.5, 0.6) is 0 Å². The quantitative estimate of drug-likeness (QED) is 0.799. The molecule has 1 rings (SSSR count). The maximum atomic E-state index is 12.1. The number of sulfonamides is 1. The van der Waals surface area contributed by atoms with Gasteiger partial charge in [-0.3, -0.25) is 4.79 Å². The van der Waals surface area contributed by atoms with Gasteiger partial charge in [-0.05, 0) is 19.8 Å². The van der Waals surface area contributed by atoms with Gasteiger partial charge in [0.25, 0.3) is 0 Å². The number of carboxylic acid groups (broad SMARTS) is 1. The maximum Gasteiger partial charge on any atom is 0.321 e. The van der Waals surface area contributed by atoms with Crippen molar-refractivity contribution in [3.05, 3.63) is 0 Å². The Balaban J connectivity index is 2.88. The zero-order valence-corrected chi connectivity index (χ0v) is 11.4. The van der Waals surface area contributed by atoms with Crippen LogP contribution in [0.25, 0.3) is 0 Å². The molecule has 6 nitrogen and oxygen atoms in total. The van der Waals surface area contributed by atoms with Gasteiger partial charge in [0.15, 0.2) is 0 Å². The summed E-state index contributed by atoms with van der Waals surface area (Å²) in [7, 11) is -2.48. The molecule has 0 saturated heterocycles. The lowest BCUT2D eigenvalue weighted by molar-refractivity contribution is -0.140. The van der Waals surface area contributed by atoms with Crippen molar-refractivity contribution in [1.29, 1.82) is 5.26 Å². The number of nitrogens with zero attached hydrogens (tertiary/aromatic N) is 2. The Morgan fingerprint density at radius 2 is 2.00 bits per heavy atom. The van der Waals surface area contributed by atoms with E-state index in [1.165, 1.54) is 14.0 Å². The minimum absolute atomic E-state index is 0.287. The highest BCUT2D eigenvalue weighted by molar-refractivity contribution is 7.89. The molecule has 1 atom stereocenters. The van der Waals surface area contributed by atoms with Crippen molar-refractivity contribution in [3.8, 4) is 6.07 Å². The Labute approximate surface area is 107 Å². The average Bonchev–Trinajstić information content (AvgIpc) is 2.75. The van der Waals surface area contributed by atoms with Crippen molar-refractivity contribution in [3.63, 3.8) is 0 Å². The van der Waals surface area contributed by atoms with Gasteiger partial charge in [0, 0.05) is 7.05 Å². The first-order valence-corrected chi connectivity index (χ1v) is 7.45. The molecule has 0 aromatic heterocycles. The van der Waals surface area contributed by atoms with E-state index in [0.717, 1.165) is 17.1 Å². The van der Waals surface area contributed by atoms with Gasteiger partial charge in [0.2, 0.25) is 10.0 Å². The molecule has 0 heterocycles. The molecule has 1 N–H and O–H groups in total. The third-order valence-corrected chi connectivity index (χ3v) is 5.71. The Hall–Kier alpha value is -1.13.